The van der Waals surface area contributed by atoms with Crippen molar-refractivity contribution in [3.8, 4) is 11.5 Å². The van der Waals surface area contributed by atoms with Gasteiger partial charge < -0.3 is 20.1 Å². The summed E-state index contributed by atoms with van der Waals surface area (Å²) < 4.78 is 11.3. The standard InChI is InChI=1S/C19H21ClN2O3/c1-24-19(9-11-21-12-10-19)18(23)22-15-5-7-16(8-6-15)25-17-4-2-3-14(20)13-17/h2-8,13,21H,9-12H2,1H3,(H,22,23). The van der Waals surface area contributed by atoms with Crippen LogP contribution in [-0.2, 0) is 9.53 Å². The van der Waals surface area contributed by atoms with Crippen molar-refractivity contribution in [2.75, 3.05) is 25.5 Å². The van der Waals surface area contributed by atoms with Gasteiger partial charge in [0.05, 0.1) is 0 Å². The van der Waals surface area contributed by atoms with E-state index < -0.39 is 5.60 Å². The van der Waals surface area contributed by atoms with Crippen molar-refractivity contribution in [3.05, 3.63) is 53.6 Å². The maximum Gasteiger partial charge on any atom is 0.256 e. The van der Waals surface area contributed by atoms with Gasteiger partial charge in [0.15, 0.2) is 0 Å². The van der Waals surface area contributed by atoms with Gasteiger partial charge >= 0.3 is 0 Å². The number of nitrogens with one attached hydrogen (secondary N) is 2. The van der Waals surface area contributed by atoms with E-state index in [0.29, 0.717) is 35.1 Å². The third kappa shape index (κ3) is 4.31. The highest BCUT2D eigenvalue weighted by atomic mass is 35.5. The second kappa shape index (κ2) is 7.87. The summed E-state index contributed by atoms with van der Waals surface area (Å²) >= 11 is 5.95. The smallest absolute Gasteiger partial charge is 0.256 e. The van der Waals surface area contributed by atoms with Crippen LogP contribution in [-0.4, -0.2) is 31.7 Å². The Morgan fingerprint density at radius 1 is 1.12 bits per heavy atom. The van der Waals surface area contributed by atoms with Crippen molar-refractivity contribution in [1.82, 2.24) is 5.32 Å². The summed E-state index contributed by atoms with van der Waals surface area (Å²) in [6.45, 7) is 1.54. The molecule has 2 aromatic rings. The number of hydrogen-bond donors (Lipinski definition) is 2. The van der Waals surface area contributed by atoms with Gasteiger partial charge in [-0.05, 0) is 68.4 Å². The highest BCUT2D eigenvalue weighted by Gasteiger charge is 2.39. The van der Waals surface area contributed by atoms with Gasteiger partial charge in [0.2, 0.25) is 0 Å². The number of ether oxygens (including phenoxy) is 2. The summed E-state index contributed by atoms with van der Waals surface area (Å²) in [7, 11) is 1.59. The van der Waals surface area contributed by atoms with Crippen LogP contribution in [0.2, 0.25) is 5.02 Å². The first-order valence-corrected chi connectivity index (χ1v) is 8.60. The van der Waals surface area contributed by atoms with Crippen LogP contribution in [0.15, 0.2) is 48.5 Å². The lowest BCUT2D eigenvalue weighted by atomic mass is 9.91. The molecule has 1 aliphatic rings. The molecule has 0 unspecified atom stereocenters. The van der Waals surface area contributed by atoms with Crippen LogP contribution in [0.4, 0.5) is 5.69 Å². The summed E-state index contributed by atoms with van der Waals surface area (Å²) in [5.74, 6) is 1.22. The van der Waals surface area contributed by atoms with Crippen molar-refractivity contribution < 1.29 is 14.3 Å². The number of carbonyl (C=O) groups is 1. The van der Waals surface area contributed by atoms with Crippen LogP contribution in [0.25, 0.3) is 0 Å². The van der Waals surface area contributed by atoms with Crippen LogP contribution in [0, 0.1) is 0 Å². The minimum Gasteiger partial charge on any atom is -0.457 e. The number of rotatable bonds is 5. The van der Waals surface area contributed by atoms with Gasteiger partial charge in [0.25, 0.3) is 5.91 Å². The summed E-state index contributed by atoms with van der Waals surface area (Å²) in [6, 6.07) is 14.4. The Morgan fingerprint density at radius 2 is 1.84 bits per heavy atom. The maximum atomic E-state index is 12.6. The fourth-order valence-corrected chi connectivity index (χ4v) is 3.05. The van der Waals surface area contributed by atoms with E-state index in [4.69, 9.17) is 21.1 Å². The predicted octanol–water partition coefficient (Wildman–Crippen LogP) is 3.84. The maximum absolute atomic E-state index is 12.6. The van der Waals surface area contributed by atoms with Gasteiger partial charge in [-0.3, -0.25) is 4.79 Å². The summed E-state index contributed by atoms with van der Waals surface area (Å²) in [5.41, 5.74) is -0.0558. The molecule has 0 spiro atoms. The van der Waals surface area contributed by atoms with Gasteiger partial charge in [0, 0.05) is 17.8 Å². The Kier molecular flexibility index (Phi) is 5.58. The van der Waals surface area contributed by atoms with E-state index in [9.17, 15) is 4.79 Å². The SMILES string of the molecule is COC1(C(=O)Nc2ccc(Oc3cccc(Cl)c3)cc2)CCNCC1. The Morgan fingerprint density at radius 3 is 2.48 bits per heavy atom. The first-order valence-electron chi connectivity index (χ1n) is 8.22. The molecule has 2 N–H and O–H groups in total. The molecule has 1 saturated heterocycles. The number of anilines is 1. The average molecular weight is 361 g/mol. The lowest BCUT2D eigenvalue weighted by Gasteiger charge is -2.34. The molecule has 3 rings (SSSR count). The molecule has 1 heterocycles. The fraction of sp³-hybridized carbons (Fsp3) is 0.316. The summed E-state index contributed by atoms with van der Waals surface area (Å²) in [5, 5.41) is 6.80. The Balaban J connectivity index is 1.65. The first-order chi connectivity index (χ1) is 12.1. The molecule has 1 amide bonds. The summed E-state index contributed by atoms with van der Waals surface area (Å²) in [6.07, 6.45) is 1.32. The van der Waals surface area contributed by atoms with Crippen LogP contribution >= 0.6 is 11.6 Å². The number of hydrogen-bond acceptors (Lipinski definition) is 4. The number of halogens is 1. The molecule has 0 aliphatic carbocycles. The summed E-state index contributed by atoms with van der Waals surface area (Å²) in [4.78, 5) is 12.6. The second-order valence-electron chi connectivity index (χ2n) is 5.99. The van der Waals surface area contributed by atoms with Gasteiger partial charge in [-0.1, -0.05) is 17.7 Å². The average Bonchev–Trinajstić information content (AvgIpc) is 2.64. The molecule has 1 fully saturated rings. The minimum atomic E-state index is -0.763. The third-order valence-electron chi connectivity index (χ3n) is 4.36. The molecule has 25 heavy (non-hydrogen) atoms. The molecule has 132 valence electrons. The number of benzene rings is 2. The van der Waals surface area contributed by atoms with Gasteiger partial charge in [-0.2, -0.15) is 0 Å². The zero-order chi connectivity index (χ0) is 17.7. The van der Waals surface area contributed by atoms with Gasteiger partial charge in [-0.15, -0.1) is 0 Å². The number of piperidine rings is 1. The van der Waals surface area contributed by atoms with Crippen LogP contribution in [0.3, 0.4) is 0 Å². The van der Waals surface area contributed by atoms with E-state index in [0.717, 1.165) is 13.1 Å². The molecule has 0 bridgehead atoms. The molecular formula is C19H21ClN2O3. The molecule has 6 heteroatoms. The van der Waals surface area contributed by atoms with E-state index >= 15 is 0 Å². The number of amides is 1. The van der Waals surface area contributed by atoms with Crippen LogP contribution in [0.1, 0.15) is 12.8 Å². The molecule has 0 aromatic heterocycles. The molecule has 1 aliphatic heterocycles. The Bertz CT molecular complexity index is 728. The van der Waals surface area contributed by atoms with Crippen molar-refractivity contribution >= 4 is 23.2 Å². The van der Waals surface area contributed by atoms with E-state index in [-0.39, 0.29) is 5.91 Å². The largest absolute Gasteiger partial charge is 0.457 e. The minimum absolute atomic E-state index is 0.111. The topological polar surface area (TPSA) is 59.6 Å². The van der Waals surface area contributed by atoms with Crippen molar-refractivity contribution in [1.29, 1.82) is 0 Å². The molecule has 2 aromatic carbocycles. The first kappa shape index (κ1) is 17.7. The highest BCUT2D eigenvalue weighted by Crippen LogP contribution is 2.27. The third-order valence-corrected chi connectivity index (χ3v) is 4.59. The molecule has 0 saturated carbocycles. The van der Waals surface area contributed by atoms with Crippen molar-refractivity contribution in [3.63, 3.8) is 0 Å². The van der Waals surface area contributed by atoms with Crippen LogP contribution in [0.5, 0.6) is 11.5 Å². The zero-order valence-corrected chi connectivity index (χ0v) is 14.8. The highest BCUT2D eigenvalue weighted by molar-refractivity contribution is 6.30. The van der Waals surface area contributed by atoms with Crippen molar-refractivity contribution in [2.45, 2.75) is 18.4 Å². The van der Waals surface area contributed by atoms with E-state index in [2.05, 4.69) is 10.6 Å². The lowest BCUT2D eigenvalue weighted by Crippen LogP contribution is -2.51. The fourth-order valence-electron chi connectivity index (χ4n) is 2.87. The Labute approximate surface area is 152 Å². The zero-order valence-electron chi connectivity index (χ0n) is 14.0. The number of carbonyl (C=O) groups excluding carboxylic acids is 1. The number of methoxy groups -OCH3 is 1. The van der Waals surface area contributed by atoms with Gasteiger partial charge in [-0.25, -0.2) is 0 Å². The van der Waals surface area contributed by atoms with Gasteiger partial charge in [0.1, 0.15) is 17.1 Å². The van der Waals surface area contributed by atoms with Crippen LogP contribution < -0.4 is 15.4 Å². The van der Waals surface area contributed by atoms with E-state index in [1.165, 1.54) is 0 Å². The molecular weight excluding hydrogens is 340 g/mol. The predicted molar refractivity (Wildman–Crippen MR) is 98.4 cm³/mol. The normalized spacial score (nSPS) is 16.2. The molecule has 0 atom stereocenters. The second-order valence-corrected chi connectivity index (χ2v) is 6.42. The monoisotopic (exact) mass is 360 g/mol. The van der Waals surface area contributed by atoms with Crippen molar-refractivity contribution in [2.24, 2.45) is 0 Å². The molecule has 0 radical (unpaired) electrons. The van der Waals surface area contributed by atoms with E-state index in [1.807, 2.05) is 24.3 Å². The van der Waals surface area contributed by atoms with E-state index in [1.54, 1.807) is 31.4 Å². The quantitative estimate of drug-likeness (QED) is 0.850. The Hall–Kier alpha value is -2.08. The lowest BCUT2D eigenvalue weighted by molar-refractivity contribution is -0.140. The molecule has 5 nitrogen and oxygen atoms in total.